The molecule has 1 amide bonds. The van der Waals surface area contributed by atoms with E-state index < -0.39 is 11.3 Å². The van der Waals surface area contributed by atoms with Crippen molar-refractivity contribution in [3.8, 4) is 17.3 Å². The number of nitrogens with two attached hydrogens (primary N) is 1. The van der Waals surface area contributed by atoms with Gasteiger partial charge in [-0.25, -0.2) is 9.97 Å². The van der Waals surface area contributed by atoms with Gasteiger partial charge in [-0.3, -0.25) is 4.79 Å². The molecule has 2 aliphatic rings. The Hall–Kier alpha value is -2.48. The molecule has 2 saturated carbocycles. The Kier molecular flexibility index (Phi) is 4.38. The number of nitrogens with zero attached hydrogens (tertiary/aromatic N) is 3. The number of hydrogen-bond acceptors (Lipinski definition) is 7. The highest BCUT2D eigenvalue weighted by Gasteiger charge is 2.34. The Morgan fingerprint density at radius 3 is 2.67 bits per heavy atom. The van der Waals surface area contributed by atoms with Gasteiger partial charge in [0.05, 0.1) is 18.9 Å². The fourth-order valence-corrected chi connectivity index (χ4v) is 2.77. The Morgan fingerprint density at radius 1 is 1.33 bits per heavy atom. The average Bonchev–Trinajstić information content (AvgIpc) is 3.57. The molecule has 0 aromatic carbocycles. The number of aromatic nitrogens is 3. The van der Waals surface area contributed by atoms with Gasteiger partial charge in [-0.05, 0) is 31.6 Å². The molecule has 0 radical (unpaired) electrons. The predicted octanol–water partition coefficient (Wildman–Crippen LogP) is 2.17. The van der Waals surface area contributed by atoms with Gasteiger partial charge in [-0.1, -0.05) is 19.0 Å². The molecule has 0 bridgehead atoms. The minimum absolute atomic E-state index is 0.00898. The van der Waals surface area contributed by atoms with Crippen molar-refractivity contribution in [1.82, 2.24) is 15.1 Å². The Balaban J connectivity index is 1.74. The second kappa shape index (κ2) is 6.60. The van der Waals surface area contributed by atoms with Crippen LogP contribution < -0.4 is 10.5 Å². The van der Waals surface area contributed by atoms with Crippen molar-refractivity contribution in [3.05, 3.63) is 23.1 Å². The zero-order valence-electron chi connectivity index (χ0n) is 15.6. The van der Waals surface area contributed by atoms with Crippen LogP contribution in [0.15, 0.2) is 10.6 Å². The van der Waals surface area contributed by atoms with Crippen LogP contribution in [0.3, 0.4) is 0 Å². The monoisotopic (exact) mass is 372 g/mol. The third-order valence-electron chi connectivity index (χ3n) is 5.07. The summed E-state index contributed by atoms with van der Waals surface area (Å²) in [5.74, 6) is 0.855. The Bertz CT molecular complexity index is 869. The SMILES string of the molecule is CC(C)(CO)c1cc(-c2nc(C3CC3)c(OCC3CC3)nc2C(N)=O)on1. The molecular formula is C19H24N4O4. The fraction of sp³-hybridized carbons (Fsp3) is 0.579. The van der Waals surface area contributed by atoms with Gasteiger partial charge in [0.15, 0.2) is 11.5 Å². The molecule has 2 fully saturated rings. The maximum absolute atomic E-state index is 12.0. The highest BCUT2D eigenvalue weighted by atomic mass is 16.5. The first-order valence-corrected chi connectivity index (χ1v) is 9.32. The molecule has 0 saturated heterocycles. The number of aliphatic hydroxyl groups is 1. The minimum Gasteiger partial charge on any atom is -0.476 e. The molecule has 2 aromatic rings. The van der Waals surface area contributed by atoms with E-state index in [1.165, 1.54) is 0 Å². The van der Waals surface area contributed by atoms with Gasteiger partial charge in [-0.15, -0.1) is 0 Å². The topological polar surface area (TPSA) is 124 Å². The van der Waals surface area contributed by atoms with Crippen LogP contribution in [0.5, 0.6) is 5.88 Å². The van der Waals surface area contributed by atoms with Gasteiger partial charge in [0, 0.05) is 17.4 Å². The number of carbonyl (C=O) groups is 1. The van der Waals surface area contributed by atoms with Crippen LogP contribution >= 0.6 is 0 Å². The second-order valence-corrected chi connectivity index (χ2v) is 8.12. The quantitative estimate of drug-likeness (QED) is 0.727. The molecular weight excluding hydrogens is 348 g/mol. The van der Waals surface area contributed by atoms with Crippen molar-refractivity contribution in [2.45, 2.75) is 50.9 Å². The van der Waals surface area contributed by atoms with Gasteiger partial charge in [0.25, 0.3) is 5.91 Å². The van der Waals surface area contributed by atoms with Crippen LogP contribution in [0, 0.1) is 5.92 Å². The van der Waals surface area contributed by atoms with Crippen molar-refractivity contribution >= 4 is 5.91 Å². The van der Waals surface area contributed by atoms with Crippen molar-refractivity contribution < 1.29 is 19.2 Å². The molecule has 2 aliphatic carbocycles. The summed E-state index contributed by atoms with van der Waals surface area (Å²) in [7, 11) is 0. The highest BCUT2D eigenvalue weighted by molar-refractivity contribution is 5.96. The number of carbonyl (C=O) groups excluding carboxylic acids is 1. The van der Waals surface area contributed by atoms with E-state index in [1.807, 2.05) is 13.8 Å². The summed E-state index contributed by atoms with van der Waals surface area (Å²) in [5, 5.41) is 13.6. The molecule has 0 spiro atoms. The lowest BCUT2D eigenvalue weighted by Gasteiger charge is -2.17. The summed E-state index contributed by atoms with van der Waals surface area (Å²) < 4.78 is 11.3. The molecule has 0 aliphatic heterocycles. The highest BCUT2D eigenvalue weighted by Crippen LogP contribution is 2.44. The second-order valence-electron chi connectivity index (χ2n) is 8.12. The van der Waals surface area contributed by atoms with E-state index in [4.69, 9.17) is 15.0 Å². The number of hydrogen-bond donors (Lipinski definition) is 2. The van der Waals surface area contributed by atoms with Gasteiger partial charge >= 0.3 is 0 Å². The predicted molar refractivity (Wildman–Crippen MR) is 96.4 cm³/mol. The summed E-state index contributed by atoms with van der Waals surface area (Å²) in [5.41, 5.74) is 6.57. The van der Waals surface area contributed by atoms with E-state index >= 15 is 0 Å². The number of amides is 1. The first-order valence-electron chi connectivity index (χ1n) is 9.32. The molecule has 3 N–H and O–H groups in total. The van der Waals surface area contributed by atoms with E-state index in [1.54, 1.807) is 6.07 Å². The summed E-state index contributed by atoms with van der Waals surface area (Å²) in [6.45, 7) is 4.19. The number of rotatable bonds is 8. The molecule has 8 nitrogen and oxygen atoms in total. The molecule has 8 heteroatoms. The van der Waals surface area contributed by atoms with E-state index in [2.05, 4.69) is 15.1 Å². The molecule has 0 unspecified atom stereocenters. The maximum Gasteiger partial charge on any atom is 0.269 e. The molecule has 2 aromatic heterocycles. The zero-order chi connectivity index (χ0) is 19.2. The summed E-state index contributed by atoms with van der Waals surface area (Å²) >= 11 is 0. The lowest BCUT2D eigenvalue weighted by Crippen LogP contribution is -2.22. The van der Waals surface area contributed by atoms with E-state index in [0.717, 1.165) is 31.4 Å². The van der Waals surface area contributed by atoms with Crippen molar-refractivity contribution in [1.29, 1.82) is 0 Å². The van der Waals surface area contributed by atoms with Gasteiger partial charge < -0.3 is 20.1 Å². The van der Waals surface area contributed by atoms with Crippen molar-refractivity contribution in [2.24, 2.45) is 11.7 Å². The van der Waals surface area contributed by atoms with Crippen LogP contribution in [-0.4, -0.2) is 39.4 Å². The standard InChI is InChI=1S/C19H24N4O4/c1-19(2,9-24)13-7-12(27-23-13)15-16(17(20)25)22-18(26-8-10-3-4-10)14(21-15)11-5-6-11/h7,10-11,24H,3-6,8-9H2,1-2H3,(H2,20,25). The van der Waals surface area contributed by atoms with Gasteiger partial charge in [0.1, 0.15) is 11.4 Å². The molecule has 0 atom stereocenters. The lowest BCUT2D eigenvalue weighted by molar-refractivity contribution is 0.0994. The smallest absolute Gasteiger partial charge is 0.269 e. The first kappa shape index (κ1) is 17.9. The first-order chi connectivity index (χ1) is 12.9. The average molecular weight is 372 g/mol. The lowest BCUT2D eigenvalue weighted by atomic mass is 9.90. The molecule has 27 heavy (non-hydrogen) atoms. The van der Waals surface area contributed by atoms with Crippen molar-refractivity contribution in [2.75, 3.05) is 13.2 Å². The number of primary amides is 1. The molecule has 2 heterocycles. The van der Waals surface area contributed by atoms with Gasteiger partial charge in [0.2, 0.25) is 5.88 Å². The summed E-state index contributed by atoms with van der Waals surface area (Å²) in [4.78, 5) is 21.1. The third kappa shape index (κ3) is 3.66. The van der Waals surface area contributed by atoms with E-state index in [9.17, 15) is 9.90 Å². The van der Waals surface area contributed by atoms with Crippen LogP contribution in [0.25, 0.3) is 11.5 Å². The van der Waals surface area contributed by atoms with Crippen LogP contribution in [-0.2, 0) is 5.41 Å². The normalized spacial score (nSPS) is 17.1. The Labute approximate surface area is 157 Å². The van der Waals surface area contributed by atoms with Gasteiger partial charge in [-0.2, -0.15) is 0 Å². The number of ether oxygens (including phenoxy) is 1. The van der Waals surface area contributed by atoms with Crippen LogP contribution in [0.1, 0.15) is 67.3 Å². The van der Waals surface area contributed by atoms with E-state index in [0.29, 0.717) is 29.9 Å². The maximum atomic E-state index is 12.0. The van der Waals surface area contributed by atoms with Crippen LogP contribution in [0.2, 0.25) is 0 Å². The summed E-state index contributed by atoms with van der Waals surface area (Å²) in [6.07, 6.45) is 4.36. The number of aliphatic hydroxyl groups excluding tert-OH is 1. The molecule has 4 rings (SSSR count). The van der Waals surface area contributed by atoms with Crippen LogP contribution in [0.4, 0.5) is 0 Å². The zero-order valence-corrected chi connectivity index (χ0v) is 15.6. The Morgan fingerprint density at radius 2 is 2.07 bits per heavy atom. The fourth-order valence-electron chi connectivity index (χ4n) is 2.77. The largest absolute Gasteiger partial charge is 0.476 e. The van der Waals surface area contributed by atoms with E-state index in [-0.39, 0.29) is 23.9 Å². The molecule has 144 valence electrons. The van der Waals surface area contributed by atoms with Crippen molar-refractivity contribution in [3.63, 3.8) is 0 Å². The summed E-state index contributed by atoms with van der Waals surface area (Å²) in [6, 6.07) is 1.67. The minimum atomic E-state index is -0.699. The third-order valence-corrected chi connectivity index (χ3v) is 5.07.